The second kappa shape index (κ2) is 8.20. The SMILES string of the molecule is CC(C)C(=O)N1CC(F)(c2ccc(C3=COC(c4cc(Cl)cc(Cl)c4)(C(F)(F)F)C3)cc2)C1. The van der Waals surface area contributed by atoms with Gasteiger partial charge in [-0.15, -0.1) is 0 Å². The van der Waals surface area contributed by atoms with E-state index in [-0.39, 0.29) is 40.5 Å². The molecule has 0 aliphatic carbocycles. The molecule has 3 nitrogen and oxygen atoms in total. The van der Waals surface area contributed by atoms with E-state index in [0.29, 0.717) is 16.7 Å². The number of carbonyl (C=O) groups is 1. The first kappa shape index (κ1) is 23.9. The summed E-state index contributed by atoms with van der Waals surface area (Å²) in [6.07, 6.45) is -4.14. The molecule has 176 valence electrons. The summed E-state index contributed by atoms with van der Waals surface area (Å²) in [6, 6.07) is 9.94. The van der Waals surface area contributed by atoms with Crippen molar-refractivity contribution < 1.29 is 27.1 Å². The summed E-state index contributed by atoms with van der Waals surface area (Å²) in [7, 11) is 0. The average Bonchev–Trinajstić information content (AvgIpc) is 3.17. The lowest BCUT2D eigenvalue weighted by molar-refractivity contribution is -0.260. The molecule has 2 aliphatic heterocycles. The first-order chi connectivity index (χ1) is 15.3. The minimum atomic E-state index is -4.74. The van der Waals surface area contributed by atoms with Crippen LogP contribution in [-0.4, -0.2) is 30.1 Å². The van der Waals surface area contributed by atoms with Crippen molar-refractivity contribution in [3.63, 3.8) is 0 Å². The van der Waals surface area contributed by atoms with Crippen molar-refractivity contribution in [2.75, 3.05) is 13.1 Å². The van der Waals surface area contributed by atoms with Crippen molar-refractivity contribution in [2.24, 2.45) is 5.92 Å². The van der Waals surface area contributed by atoms with Gasteiger partial charge in [0.05, 0.1) is 19.4 Å². The largest absolute Gasteiger partial charge is 0.480 e. The molecule has 1 saturated heterocycles. The molecule has 2 heterocycles. The van der Waals surface area contributed by atoms with Crippen molar-refractivity contribution in [1.29, 1.82) is 0 Å². The zero-order chi connectivity index (χ0) is 24.2. The van der Waals surface area contributed by atoms with E-state index in [2.05, 4.69) is 0 Å². The predicted molar refractivity (Wildman–Crippen MR) is 119 cm³/mol. The van der Waals surface area contributed by atoms with Crippen LogP contribution >= 0.6 is 23.2 Å². The van der Waals surface area contributed by atoms with Gasteiger partial charge in [0.25, 0.3) is 0 Å². The molecule has 1 unspecified atom stereocenters. The van der Waals surface area contributed by atoms with E-state index in [1.54, 1.807) is 26.0 Å². The summed E-state index contributed by atoms with van der Waals surface area (Å²) in [5.41, 5.74) is -3.31. The fourth-order valence-electron chi connectivity index (χ4n) is 4.23. The summed E-state index contributed by atoms with van der Waals surface area (Å²) in [5.74, 6) is -0.327. The van der Waals surface area contributed by atoms with Gasteiger partial charge in [0.15, 0.2) is 5.67 Å². The average molecular weight is 502 g/mol. The fraction of sp³-hybridized carbons (Fsp3) is 0.375. The minimum absolute atomic E-state index is 0.0398. The molecule has 0 spiro atoms. The summed E-state index contributed by atoms with van der Waals surface area (Å²) < 4.78 is 62.9. The molecular weight excluding hydrogens is 481 g/mol. The zero-order valence-corrected chi connectivity index (χ0v) is 19.4. The van der Waals surface area contributed by atoms with Crippen LogP contribution in [-0.2, 0) is 20.8 Å². The monoisotopic (exact) mass is 501 g/mol. The van der Waals surface area contributed by atoms with Gasteiger partial charge in [0.2, 0.25) is 11.5 Å². The van der Waals surface area contributed by atoms with Gasteiger partial charge in [-0.05, 0) is 34.9 Å². The molecule has 0 bridgehead atoms. The number of alkyl halides is 4. The summed E-state index contributed by atoms with van der Waals surface area (Å²) >= 11 is 11.9. The molecule has 1 fully saturated rings. The Balaban J connectivity index is 1.55. The fourth-order valence-corrected chi connectivity index (χ4v) is 4.75. The number of halogens is 6. The lowest BCUT2D eigenvalue weighted by Gasteiger charge is -2.45. The van der Waals surface area contributed by atoms with Crippen LogP contribution < -0.4 is 0 Å². The van der Waals surface area contributed by atoms with Gasteiger partial charge in [-0.3, -0.25) is 4.79 Å². The number of amides is 1. The Morgan fingerprint density at radius 1 is 1.03 bits per heavy atom. The molecule has 1 amide bonds. The van der Waals surface area contributed by atoms with Crippen LogP contribution in [0.1, 0.15) is 37.0 Å². The second-order valence-electron chi connectivity index (χ2n) is 8.81. The first-order valence-electron chi connectivity index (χ1n) is 10.3. The number of hydrogen-bond donors (Lipinski definition) is 0. The second-order valence-corrected chi connectivity index (χ2v) is 9.69. The van der Waals surface area contributed by atoms with E-state index in [1.165, 1.54) is 35.2 Å². The standard InChI is InChI=1S/C24H21Cl2F4NO2/c1-14(2)21(32)31-12-22(27,13-31)17-5-3-15(4-6-17)16-10-23(33-11-16,24(28,29)30)18-7-19(25)9-20(26)8-18/h3-9,11,14H,10,12-13H2,1-2H3. The van der Waals surface area contributed by atoms with Gasteiger partial charge in [-0.1, -0.05) is 61.3 Å². The van der Waals surface area contributed by atoms with E-state index in [4.69, 9.17) is 27.9 Å². The van der Waals surface area contributed by atoms with Crippen molar-refractivity contribution in [1.82, 2.24) is 4.90 Å². The molecule has 2 aliphatic rings. The number of likely N-dealkylation sites (tertiary alicyclic amines) is 1. The molecule has 4 rings (SSSR count). The Morgan fingerprint density at radius 3 is 2.12 bits per heavy atom. The molecule has 1 atom stereocenters. The van der Waals surface area contributed by atoms with Crippen molar-refractivity contribution in [2.45, 2.75) is 37.7 Å². The van der Waals surface area contributed by atoms with Crippen LogP contribution in [0.25, 0.3) is 5.57 Å². The number of carbonyl (C=O) groups excluding carboxylic acids is 1. The number of ether oxygens (including phenoxy) is 1. The van der Waals surface area contributed by atoms with Gasteiger partial charge in [-0.25, -0.2) is 4.39 Å². The lowest BCUT2D eigenvalue weighted by Crippen LogP contribution is -2.59. The van der Waals surface area contributed by atoms with E-state index in [1.807, 2.05) is 0 Å². The smallest absolute Gasteiger partial charge is 0.432 e. The maximum absolute atomic E-state index is 15.2. The van der Waals surface area contributed by atoms with E-state index < -0.39 is 23.9 Å². The topological polar surface area (TPSA) is 29.5 Å². The quantitative estimate of drug-likeness (QED) is 0.427. The van der Waals surface area contributed by atoms with E-state index in [9.17, 15) is 18.0 Å². The molecule has 0 aromatic heterocycles. The van der Waals surface area contributed by atoms with Crippen molar-refractivity contribution >= 4 is 34.7 Å². The van der Waals surface area contributed by atoms with Gasteiger partial charge in [0, 0.05) is 27.9 Å². The van der Waals surface area contributed by atoms with Gasteiger partial charge >= 0.3 is 6.18 Å². The highest BCUT2D eigenvalue weighted by atomic mass is 35.5. The third-order valence-electron chi connectivity index (χ3n) is 6.09. The summed E-state index contributed by atoms with van der Waals surface area (Å²) in [4.78, 5) is 13.5. The lowest BCUT2D eigenvalue weighted by atomic mass is 9.84. The van der Waals surface area contributed by atoms with Crippen molar-refractivity contribution in [3.8, 4) is 0 Å². The molecule has 9 heteroatoms. The number of hydrogen-bond acceptors (Lipinski definition) is 2. The van der Waals surface area contributed by atoms with Gasteiger partial charge < -0.3 is 9.64 Å². The summed E-state index contributed by atoms with van der Waals surface area (Å²) in [5, 5.41) is 0.141. The van der Waals surface area contributed by atoms with Crippen LogP contribution in [0.15, 0.2) is 48.7 Å². The maximum atomic E-state index is 15.2. The van der Waals surface area contributed by atoms with Crippen LogP contribution in [0.3, 0.4) is 0 Å². The third kappa shape index (κ3) is 4.21. The minimum Gasteiger partial charge on any atom is -0.480 e. The van der Waals surface area contributed by atoms with Gasteiger partial charge in [-0.2, -0.15) is 13.2 Å². The molecular formula is C24H21Cl2F4NO2. The van der Waals surface area contributed by atoms with E-state index in [0.717, 1.165) is 6.26 Å². The summed E-state index contributed by atoms with van der Waals surface area (Å²) in [6.45, 7) is 3.43. The maximum Gasteiger partial charge on any atom is 0.432 e. The normalized spacial score (nSPS) is 22.1. The molecule has 0 radical (unpaired) electrons. The van der Waals surface area contributed by atoms with Crippen LogP contribution in [0.2, 0.25) is 10.0 Å². The van der Waals surface area contributed by atoms with Crippen molar-refractivity contribution in [3.05, 3.63) is 75.5 Å². The van der Waals surface area contributed by atoms with Crippen LogP contribution in [0.4, 0.5) is 17.6 Å². The number of nitrogens with zero attached hydrogens (tertiary/aromatic N) is 1. The van der Waals surface area contributed by atoms with E-state index >= 15 is 4.39 Å². The molecule has 2 aromatic rings. The van der Waals surface area contributed by atoms with Crippen LogP contribution in [0.5, 0.6) is 0 Å². The predicted octanol–water partition coefficient (Wildman–Crippen LogP) is 6.88. The molecule has 0 N–H and O–H groups in total. The Bertz CT molecular complexity index is 1090. The highest BCUT2D eigenvalue weighted by molar-refractivity contribution is 6.34. The third-order valence-corrected chi connectivity index (χ3v) is 6.53. The highest BCUT2D eigenvalue weighted by Crippen LogP contribution is 2.53. The Morgan fingerprint density at radius 2 is 1.61 bits per heavy atom. The molecule has 0 saturated carbocycles. The zero-order valence-electron chi connectivity index (χ0n) is 17.8. The Kier molecular flexibility index (Phi) is 5.94. The number of rotatable bonds is 4. The first-order valence-corrected chi connectivity index (χ1v) is 11.1. The highest BCUT2D eigenvalue weighted by Gasteiger charge is 2.60. The Labute approximate surface area is 198 Å². The van der Waals surface area contributed by atoms with Gasteiger partial charge in [0.1, 0.15) is 0 Å². The number of benzene rings is 2. The van der Waals surface area contributed by atoms with Crippen LogP contribution in [0, 0.1) is 5.92 Å². The molecule has 33 heavy (non-hydrogen) atoms. The Hall–Kier alpha value is -2.25. The molecule has 2 aromatic carbocycles.